The van der Waals surface area contributed by atoms with E-state index in [2.05, 4.69) is 10.3 Å². The molecule has 4 nitrogen and oxygen atoms in total. The van der Waals surface area contributed by atoms with Gasteiger partial charge in [-0.25, -0.2) is 0 Å². The molecule has 0 bridgehead atoms. The predicted octanol–water partition coefficient (Wildman–Crippen LogP) is 3.87. The van der Waals surface area contributed by atoms with Crippen LogP contribution in [0.3, 0.4) is 0 Å². The zero-order valence-corrected chi connectivity index (χ0v) is 13.2. The molecule has 0 spiro atoms. The van der Waals surface area contributed by atoms with Crippen molar-refractivity contribution in [3.8, 4) is 5.75 Å². The van der Waals surface area contributed by atoms with Crippen molar-refractivity contribution in [3.05, 3.63) is 65.9 Å². The first-order valence-electron chi connectivity index (χ1n) is 7.47. The number of hydrogen-bond donors (Lipinski definition) is 1. The van der Waals surface area contributed by atoms with Crippen molar-refractivity contribution in [3.63, 3.8) is 0 Å². The van der Waals surface area contributed by atoms with Crippen LogP contribution in [0.4, 0.5) is 5.69 Å². The average Bonchev–Trinajstić information content (AvgIpc) is 2.52. The monoisotopic (exact) mass is 306 g/mol. The van der Waals surface area contributed by atoms with Gasteiger partial charge in [-0.15, -0.1) is 0 Å². The lowest BCUT2D eigenvalue weighted by molar-refractivity contribution is -0.118. The van der Waals surface area contributed by atoms with Crippen LogP contribution >= 0.6 is 0 Å². The number of amides is 1. The van der Waals surface area contributed by atoms with Gasteiger partial charge in [-0.2, -0.15) is 0 Å². The normalized spacial score (nSPS) is 10.5. The SMILES string of the molecule is Cc1cccc(NC(=O)COc2cc(C)nc3ccccc23)c1. The van der Waals surface area contributed by atoms with Gasteiger partial charge in [0.25, 0.3) is 5.91 Å². The summed E-state index contributed by atoms with van der Waals surface area (Å²) in [4.78, 5) is 16.5. The van der Waals surface area contributed by atoms with Gasteiger partial charge in [0.15, 0.2) is 6.61 Å². The van der Waals surface area contributed by atoms with E-state index in [0.29, 0.717) is 5.75 Å². The first-order valence-corrected chi connectivity index (χ1v) is 7.47. The van der Waals surface area contributed by atoms with Crippen molar-refractivity contribution in [1.82, 2.24) is 4.98 Å². The molecule has 0 fully saturated rings. The Morgan fingerprint density at radius 1 is 1.09 bits per heavy atom. The highest BCUT2D eigenvalue weighted by atomic mass is 16.5. The molecule has 0 aliphatic rings. The van der Waals surface area contributed by atoms with Crippen LogP contribution in [0.2, 0.25) is 0 Å². The Bertz CT molecular complexity index is 859. The second-order valence-corrected chi connectivity index (χ2v) is 5.49. The standard InChI is InChI=1S/C19H18N2O2/c1-13-6-5-7-15(10-13)21-19(22)12-23-18-11-14(2)20-17-9-4-3-8-16(17)18/h3-11H,12H2,1-2H3,(H,21,22). The maximum absolute atomic E-state index is 12.1. The molecular weight excluding hydrogens is 288 g/mol. The highest BCUT2D eigenvalue weighted by molar-refractivity contribution is 5.92. The Kier molecular flexibility index (Phi) is 4.24. The third-order valence-corrected chi connectivity index (χ3v) is 3.47. The van der Waals surface area contributed by atoms with Crippen molar-refractivity contribution in [2.24, 2.45) is 0 Å². The van der Waals surface area contributed by atoms with Crippen molar-refractivity contribution in [2.45, 2.75) is 13.8 Å². The highest BCUT2D eigenvalue weighted by Crippen LogP contribution is 2.25. The van der Waals surface area contributed by atoms with Crippen molar-refractivity contribution < 1.29 is 9.53 Å². The number of benzene rings is 2. The van der Waals surface area contributed by atoms with E-state index >= 15 is 0 Å². The Morgan fingerprint density at radius 3 is 2.74 bits per heavy atom. The maximum atomic E-state index is 12.1. The van der Waals surface area contributed by atoms with Crippen LogP contribution in [0.15, 0.2) is 54.6 Å². The van der Waals surface area contributed by atoms with Gasteiger partial charge in [0.1, 0.15) is 5.75 Å². The molecule has 0 radical (unpaired) electrons. The molecule has 0 atom stereocenters. The second kappa shape index (κ2) is 6.48. The topological polar surface area (TPSA) is 51.2 Å². The van der Waals surface area contributed by atoms with Crippen molar-refractivity contribution in [2.75, 3.05) is 11.9 Å². The fraction of sp³-hybridized carbons (Fsp3) is 0.158. The van der Waals surface area contributed by atoms with Gasteiger partial charge in [-0.05, 0) is 43.7 Å². The van der Waals surface area contributed by atoms with Crippen LogP contribution < -0.4 is 10.1 Å². The first kappa shape index (κ1) is 15.0. The first-order chi connectivity index (χ1) is 11.1. The third-order valence-electron chi connectivity index (χ3n) is 3.47. The second-order valence-electron chi connectivity index (χ2n) is 5.49. The Morgan fingerprint density at radius 2 is 1.91 bits per heavy atom. The number of aryl methyl sites for hydroxylation is 2. The van der Waals surface area contributed by atoms with E-state index in [1.807, 2.05) is 68.4 Å². The van der Waals surface area contributed by atoms with Crippen molar-refractivity contribution in [1.29, 1.82) is 0 Å². The molecule has 1 N–H and O–H groups in total. The fourth-order valence-corrected chi connectivity index (χ4v) is 2.45. The molecule has 0 saturated heterocycles. The van der Waals surface area contributed by atoms with Gasteiger partial charge < -0.3 is 10.1 Å². The van der Waals surface area contributed by atoms with E-state index in [-0.39, 0.29) is 12.5 Å². The van der Waals surface area contributed by atoms with E-state index < -0.39 is 0 Å². The minimum atomic E-state index is -0.186. The lowest BCUT2D eigenvalue weighted by atomic mass is 10.2. The summed E-state index contributed by atoms with van der Waals surface area (Å²) in [5.41, 5.74) is 3.59. The minimum absolute atomic E-state index is 0.0403. The molecule has 4 heteroatoms. The Hall–Kier alpha value is -2.88. The molecule has 1 heterocycles. The summed E-state index contributed by atoms with van der Waals surface area (Å²) in [6, 6.07) is 17.3. The Labute approximate surface area is 135 Å². The van der Waals surface area contributed by atoms with Gasteiger partial charge in [0.2, 0.25) is 0 Å². The van der Waals surface area contributed by atoms with E-state index in [4.69, 9.17) is 4.74 Å². The summed E-state index contributed by atoms with van der Waals surface area (Å²) in [6.45, 7) is 3.85. The number of carbonyl (C=O) groups is 1. The summed E-state index contributed by atoms with van der Waals surface area (Å²) in [5.74, 6) is 0.488. The van der Waals surface area contributed by atoms with E-state index in [1.54, 1.807) is 0 Å². The van der Waals surface area contributed by atoms with E-state index in [9.17, 15) is 4.79 Å². The van der Waals surface area contributed by atoms with Gasteiger partial charge in [0.05, 0.1) is 5.52 Å². The van der Waals surface area contributed by atoms with Crippen LogP contribution in [0.25, 0.3) is 10.9 Å². The summed E-state index contributed by atoms with van der Waals surface area (Å²) in [5, 5.41) is 3.74. The number of nitrogens with zero attached hydrogens (tertiary/aromatic N) is 1. The van der Waals surface area contributed by atoms with Crippen LogP contribution in [0.1, 0.15) is 11.3 Å². The molecule has 116 valence electrons. The molecule has 1 aromatic heterocycles. The van der Waals surface area contributed by atoms with Crippen LogP contribution in [-0.4, -0.2) is 17.5 Å². The maximum Gasteiger partial charge on any atom is 0.262 e. The van der Waals surface area contributed by atoms with E-state index in [1.165, 1.54) is 0 Å². The molecule has 3 aromatic rings. The molecule has 1 amide bonds. The quantitative estimate of drug-likeness (QED) is 0.796. The van der Waals surface area contributed by atoms with Gasteiger partial charge in [0, 0.05) is 22.8 Å². The van der Waals surface area contributed by atoms with Crippen LogP contribution in [0, 0.1) is 13.8 Å². The van der Waals surface area contributed by atoms with Gasteiger partial charge >= 0.3 is 0 Å². The molecule has 23 heavy (non-hydrogen) atoms. The number of hydrogen-bond acceptors (Lipinski definition) is 3. The number of aromatic nitrogens is 1. The van der Waals surface area contributed by atoms with Crippen molar-refractivity contribution >= 4 is 22.5 Å². The number of ether oxygens (including phenoxy) is 1. The fourth-order valence-electron chi connectivity index (χ4n) is 2.45. The molecule has 0 unspecified atom stereocenters. The summed E-state index contributed by atoms with van der Waals surface area (Å²) in [6.07, 6.45) is 0. The minimum Gasteiger partial charge on any atom is -0.483 e. The molecule has 3 rings (SSSR count). The zero-order valence-electron chi connectivity index (χ0n) is 13.2. The number of pyridine rings is 1. The summed E-state index contributed by atoms with van der Waals surface area (Å²) in [7, 11) is 0. The molecule has 2 aromatic carbocycles. The Balaban J connectivity index is 1.72. The van der Waals surface area contributed by atoms with Gasteiger partial charge in [-0.3, -0.25) is 9.78 Å². The summed E-state index contributed by atoms with van der Waals surface area (Å²) < 4.78 is 5.71. The van der Waals surface area contributed by atoms with E-state index in [0.717, 1.165) is 27.8 Å². The smallest absolute Gasteiger partial charge is 0.262 e. The average molecular weight is 306 g/mol. The predicted molar refractivity (Wildman–Crippen MR) is 91.8 cm³/mol. The lowest BCUT2D eigenvalue weighted by Crippen LogP contribution is -2.20. The molecule has 0 saturated carbocycles. The molecular formula is C19H18N2O2. The number of carbonyl (C=O) groups excluding carboxylic acids is 1. The number of rotatable bonds is 4. The number of nitrogens with one attached hydrogen (secondary N) is 1. The van der Waals surface area contributed by atoms with Crippen LogP contribution in [-0.2, 0) is 4.79 Å². The summed E-state index contributed by atoms with van der Waals surface area (Å²) >= 11 is 0. The van der Waals surface area contributed by atoms with Crippen LogP contribution in [0.5, 0.6) is 5.75 Å². The van der Waals surface area contributed by atoms with Gasteiger partial charge in [-0.1, -0.05) is 24.3 Å². The third kappa shape index (κ3) is 3.66. The number of anilines is 1. The zero-order chi connectivity index (χ0) is 16.2. The number of fused-ring (bicyclic) bond motifs is 1. The highest BCUT2D eigenvalue weighted by Gasteiger charge is 2.08. The lowest BCUT2D eigenvalue weighted by Gasteiger charge is -2.11. The largest absolute Gasteiger partial charge is 0.483 e. The number of para-hydroxylation sites is 1. The molecule has 0 aliphatic heterocycles. The molecule has 0 aliphatic carbocycles.